The minimum atomic E-state index is -1.15. The lowest BCUT2D eigenvalue weighted by molar-refractivity contribution is -0.144. The van der Waals surface area contributed by atoms with Gasteiger partial charge in [0.25, 0.3) is 5.91 Å². The summed E-state index contributed by atoms with van der Waals surface area (Å²) in [5, 5.41) is 20.8. The molecule has 2 aromatic carbocycles. The highest BCUT2D eigenvalue weighted by atomic mass is 16.5. The van der Waals surface area contributed by atoms with Crippen LogP contribution < -0.4 is 5.32 Å². The SMILES string of the molecule is CO[C@H](C(=O)N[C@H](Cc1cccc(C#N)c1)C(=O)O)c1ccccc1. The molecule has 0 aliphatic carbocycles. The number of hydrogen-bond acceptors (Lipinski definition) is 4. The van der Waals surface area contributed by atoms with E-state index < -0.39 is 24.0 Å². The van der Waals surface area contributed by atoms with Crippen LogP contribution in [0.15, 0.2) is 54.6 Å². The highest BCUT2D eigenvalue weighted by molar-refractivity contribution is 5.87. The minimum absolute atomic E-state index is 0.0712. The molecule has 2 N–H and O–H groups in total. The first-order valence-corrected chi connectivity index (χ1v) is 7.65. The molecule has 128 valence electrons. The number of ether oxygens (including phenoxy) is 1. The molecule has 0 radical (unpaired) electrons. The fourth-order valence-electron chi connectivity index (χ4n) is 2.47. The Morgan fingerprint density at radius 2 is 1.92 bits per heavy atom. The van der Waals surface area contributed by atoms with Gasteiger partial charge < -0.3 is 15.2 Å². The number of hydrogen-bond donors (Lipinski definition) is 2. The van der Waals surface area contributed by atoms with Crippen LogP contribution in [0.2, 0.25) is 0 Å². The molecule has 2 atom stereocenters. The van der Waals surface area contributed by atoms with Crippen molar-refractivity contribution in [3.05, 3.63) is 71.3 Å². The van der Waals surface area contributed by atoms with Gasteiger partial charge in [0.05, 0.1) is 11.6 Å². The molecular weight excluding hydrogens is 320 g/mol. The largest absolute Gasteiger partial charge is 0.480 e. The molecule has 2 rings (SSSR count). The van der Waals surface area contributed by atoms with Crippen molar-refractivity contribution >= 4 is 11.9 Å². The van der Waals surface area contributed by atoms with Crippen molar-refractivity contribution < 1.29 is 19.4 Å². The Labute approximate surface area is 145 Å². The zero-order valence-electron chi connectivity index (χ0n) is 13.7. The lowest BCUT2D eigenvalue weighted by Gasteiger charge is -2.20. The van der Waals surface area contributed by atoms with Crippen LogP contribution in [0, 0.1) is 11.3 Å². The minimum Gasteiger partial charge on any atom is -0.480 e. The van der Waals surface area contributed by atoms with Gasteiger partial charge >= 0.3 is 5.97 Å². The molecule has 1 amide bonds. The average molecular weight is 338 g/mol. The number of amides is 1. The van der Waals surface area contributed by atoms with Gasteiger partial charge in [0.2, 0.25) is 0 Å². The van der Waals surface area contributed by atoms with Crippen LogP contribution >= 0.6 is 0 Å². The lowest BCUT2D eigenvalue weighted by Crippen LogP contribution is -2.44. The number of rotatable bonds is 7. The fraction of sp³-hybridized carbons (Fsp3) is 0.211. The van der Waals surface area contributed by atoms with Gasteiger partial charge in [-0.3, -0.25) is 4.79 Å². The summed E-state index contributed by atoms with van der Waals surface area (Å²) in [5.41, 5.74) is 1.73. The molecule has 0 fully saturated rings. The third-order valence-electron chi connectivity index (χ3n) is 3.69. The molecule has 6 nitrogen and oxygen atoms in total. The summed E-state index contributed by atoms with van der Waals surface area (Å²) >= 11 is 0. The van der Waals surface area contributed by atoms with E-state index in [-0.39, 0.29) is 6.42 Å². The van der Waals surface area contributed by atoms with Crippen molar-refractivity contribution in [2.45, 2.75) is 18.6 Å². The number of benzene rings is 2. The smallest absolute Gasteiger partial charge is 0.326 e. The monoisotopic (exact) mass is 338 g/mol. The van der Waals surface area contributed by atoms with Crippen LogP contribution in [0.1, 0.15) is 22.8 Å². The number of methoxy groups -OCH3 is 1. The Bertz CT molecular complexity index is 784. The van der Waals surface area contributed by atoms with Gasteiger partial charge in [-0.05, 0) is 23.3 Å². The Morgan fingerprint density at radius 1 is 1.20 bits per heavy atom. The van der Waals surface area contributed by atoms with Crippen molar-refractivity contribution in [1.29, 1.82) is 5.26 Å². The number of nitrogens with zero attached hydrogens (tertiary/aromatic N) is 1. The van der Waals surface area contributed by atoms with E-state index in [0.29, 0.717) is 16.7 Å². The van der Waals surface area contributed by atoms with Crippen molar-refractivity contribution in [2.75, 3.05) is 7.11 Å². The molecule has 0 heterocycles. The molecule has 0 aromatic heterocycles. The van der Waals surface area contributed by atoms with Crippen LogP contribution in [-0.4, -0.2) is 30.1 Å². The van der Waals surface area contributed by atoms with Crippen LogP contribution in [-0.2, 0) is 20.7 Å². The van der Waals surface area contributed by atoms with Crippen molar-refractivity contribution in [3.8, 4) is 6.07 Å². The van der Waals surface area contributed by atoms with Gasteiger partial charge in [-0.15, -0.1) is 0 Å². The first-order chi connectivity index (χ1) is 12.0. The molecule has 0 saturated carbocycles. The maximum absolute atomic E-state index is 12.5. The Kier molecular flexibility index (Phi) is 6.26. The average Bonchev–Trinajstić information content (AvgIpc) is 2.62. The molecule has 0 bridgehead atoms. The molecule has 0 aliphatic heterocycles. The lowest BCUT2D eigenvalue weighted by atomic mass is 10.0. The molecule has 6 heteroatoms. The highest BCUT2D eigenvalue weighted by Gasteiger charge is 2.26. The number of aliphatic carboxylic acids is 1. The molecule has 0 spiro atoms. The second kappa shape index (κ2) is 8.62. The zero-order chi connectivity index (χ0) is 18.2. The van der Waals surface area contributed by atoms with Gasteiger partial charge in [0, 0.05) is 13.5 Å². The zero-order valence-corrected chi connectivity index (χ0v) is 13.7. The number of carboxylic acids is 1. The second-order valence-electron chi connectivity index (χ2n) is 5.44. The number of nitriles is 1. The quantitative estimate of drug-likeness (QED) is 0.805. The first kappa shape index (κ1) is 18.2. The van der Waals surface area contributed by atoms with Gasteiger partial charge in [-0.1, -0.05) is 42.5 Å². The predicted molar refractivity (Wildman–Crippen MR) is 90.6 cm³/mol. The van der Waals surface area contributed by atoms with E-state index in [9.17, 15) is 14.7 Å². The van der Waals surface area contributed by atoms with Gasteiger partial charge in [-0.2, -0.15) is 5.26 Å². The summed E-state index contributed by atoms with van der Waals surface area (Å²) in [6.07, 6.45) is -0.824. The molecule has 25 heavy (non-hydrogen) atoms. The van der Waals surface area contributed by atoms with E-state index in [1.807, 2.05) is 12.1 Å². The Balaban J connectivity index is 2.13. The fourth-order valence-corrected chi connectivity index (χ4v) is 2.47. The number of carboxylic acid groups (broad SMARTS) is 1. The Morgan fingerprint density at radius 3 is 2.52 bits per heavy atom. The number of carbonyl (C=O) groups is 2. The summed E-state index contributed by atoms with van der Waals surface area (Å²) in [6, 6.07) is 16.3. The molecule has 0 aliphatic rings. The second-order valence-corrected chi connectivity index (χ2v) is 5.44. The summed E-state index contributed by atoms with van der Waals surface area (Å²) in [7, 11) is 1.39. The van der Waals surface area contributed by atoms with E-state index in [1.54, 1.807) is 48.5 Å². The van der Waals surface area contributed by atoms with Crippen LogP contribution in [0.4, 0.5) is 0 Å². The topological polar surface area (TPSA) is 99.4 Å². The van der Waals surface area contributed by atoms with E-state index in [1.165, 1.54) is 7.11 Å². The third kappa shape index (κ3) is 4.90. The van der Waals surface area contributed by atoms with E-state index in [0.717, 1.165) is 0 Å². The molecular formula is C19H18N2O4. The van der Waals surface area contributed by atoms with Gasteiger partial charge in [0.1, 0.15) is 6.04 Å². The number of carbonyl (C=O) groups excluding carboxylic acids is 1. The van der Waals surface area contributed by atoms with Crippen LogP contribution in [0.25, 0.3) is 0 Å². The molecule has 2 aromatic rings. The summed E-state index contributed by atoms with van der Waals surface area (Å²) in [4.78, 5) is 24.0. The van der Waals surface area contributed by atoms with Gasteiger partial charge in [-0.25, -0.2) is 4.79 Å². The maximum atomic E-state index is 12.5. The van der Waals surface area contributed by atoms with Crippen LogP contribution in [0.3, 0.4) is 0 Å². The highest BCUT2D eigenvalue weighted by Crippen LogP contribution is 2.17. The molecule has 0 unspecified atom stereocenters. The van der Waals surface area contributed by atoms with Gasteiger partial charge in [0.15, 0.2) is 6.10 Å². The normalized spacial score (nSPS) is 12.6. The summed E-state index contributed by atoms with van der Waals surface area (Å²) < 4.78 is 5.22. The van der Waals surface area contributed by atoms with Crippen molar-refractivity contribution in [1.82, 2.24) is 5.32 Å². The van der Waals surface area contributed by atoms with E-state index in [2.05, 4.69) is 5.32 Å². The standard InChI is InChI=1S/C19H18N2O4/c1-25-17(15-8-3-2-4-9-15)18(22)21-16(19(23)24)11-13-6-5-7-14(10-13)12-20/h2-10,16-17H,11H2,1H3,(H,21,22)(H,23,24)/t16-,17+/m1/s1. The third-order valence-corrected chi connectivity index (χ3v) is 3.69. The molecule has 0 saturated heterocycles. The first-order valence-electron chi connectivity index (χ1n) is 7.65. The van der Waals surface area contributed by atoms with Crippen molar-refractivity contribution in [3.63, 3.8) is 0 Å². The summed E-state index contributed by atoms with van der Waals surface area (Å²) in [6.45, 7) is 0. The predicted octanol–water partition coefficient (Wildman–Crippen LogP) is 2.06. The van der Waals surface area contributed by atoms with E-state index >= 15 is 0 Å². The summed E-state index contributed by atoms with van der Waals surface area (Å²) in [5.74, 6) is -1.68. The number of nitrogens with one attached hydrogen (secondary N) is 1. The van der Waals surface area contributed by atoms with Crippen LogP contribution in [0.5, 0.6) is 0 Å². The maximum Gasteiger partial charge on any atom is 0.326 e. The van der Waals surface area contributed by atoms with E-state index in [4.69, 9.17) is 10.00 Å². The Hall–Kier alpha value is -3.17. The van der Waals surface area contributed by atoms with Crippen molar-refractivity contribution in [2.24, 2.45) is 0 Å².